The Kier molecular flexibility index (Phi) is 5.81. The topological polar surface area (TPSA) is 114 Å². The number of rotatable bonds is 6. The summed E-state index contributed by atoms with van der Waals surface area (Å²) in [7, 11) is -2.32. The van der Waals surface area contributed by atoms with Gasteiger partial charge in [0.25, 0.3) is 5.91 Å². The van der Waals surface area contributed by atoms with Crippen molar-refractivity contribution < 1.29 is 22.7 Å². The Hall–Kier alpha value is -2.95. The van der Waals surface area contributed by atoms with Crippen LogP contribution in [0, 0.1) is 0 Å². The first kappa shape index (κ1) is 21.9. The molecule has 2 N–H and O–H groups in total. The minimum atomic E-state index is -3.74. The Morgan fingerprint density at radius 2 is 2.00 bits per heavy atom. The maximum atomic E-state index is 13.1. The molecule has 1 unspecified atom stereocenters. The Morgan fingerprint density at radius 1 is 1.18 bits per heavy atom. The number of anilines is 1. The van der Waals surface area contributed by atoms with Crippen LogP contribution in [0.25, 0.3) is 11.0 Å². The van der Waals surface area contributed by atoms with Crippen molar-refractivity contribution in [2.24, 2.45) is 0 Å². The summed E-state index contributed by atoms with van der Waals surface area (Å²) in [6, 6.07) is 9.87. The summed E-state index contributed by atoms with van der Waals surface area (Å²) in [6.07, 6.45) is 3.58. The number of sulfonamides is 1. The van der Waals surface area contributed by atoms with Gasteiger partial charge in [-0.05, 0) is 62.1 Å². The van der Waals surface area contributed by atoms with E-state index in [-0.39, 0.29) is 22.3 Å². The van der Waals surface area contributed by atoms with Gasteiger partial charge >= 0.3 is 0 Å². The summed E-state index contributed by atoms with van der Waals surface area (Å²) in [5.41, 5.74) is 2.40. The van der Waals surface area contributed by atoms with Crippen LogP contribution in [0.2, 0.25) is 0 Å². The Balaban J connectivity index is 1.39. The highest BCUT2D eigenvalue weighted by Crippen LogP contribution is 2.31. The van der Waals surface area contributed by atoms with Crippen molar-refractivity contribution in [3.8, 4) is 5.75 Å². The molecule has 2 aliphatic heterocycles. The molecular weight excluding hydrogens is 444 g/mol. The van der Waals surface area contributed by atoms with Gasteiger partial charge in [-0.3, -0.25) is 4.79 Å². The Bertz CT molecular complexity index is 1290. The second-order valence-electron chi connectivity index (χ2n) is 8.29. The molecule has 33 heavy (non-hydrogen) atoms. The lowest BCUT2D eigenvalue weighted by Crippen LogP contribution is -2.28. The normalized spacial score (nSPS) is 19.2. The van der Waals surface area contributed by atoms with Gasteiger partial charge in [0.15, 0.2) is 0 Å². The van der Waals surface area contributed by atoms with E-state index in [1.165, 1.54) is 23.5 Å². The van der Waals surface area contributed by atoms with E-state index < -0.39 is 15.9 Å². The van der Waals surface area contributed by atoms with Crippen LogP contribution in [0.3, 0.4) is 0 Å². The lowest BCUT2D eigenvalue weighted by atomic mass is 10.2. The van der Waals surface area contributed by atoms with Gasteiger partial charge in [-0.1, -0.05) is 0 Å². The highest BCUT2D eigenvalue weighted by atomic mass is 32.2. The highest BCUT2D eigenvalue weighted by molar-refractivity contribution is 7.89. The number of hydrogen-bond donors (Lipinski definition) is 2. The molecule has 2 fully saturated rings. The first-order valence-corrected chi connectivity index (χ1v) is 12.5. The molecular formula is C23H26N4O5S. The van der Waals surface area contributed by atoms with Crippen LogP contribution in [-0.4, -0.2) is 55.4 Å². The summed E-state index contributed by atoms with van der Waals surface area (Å²) in [4.78, 5) is 20.8. The van der Waals surface area contributed by atoms with Crippen LogP contribution < -0.4 is 10.1 Å². The molecule has 0 radical (unpaired) electrons. The fourth-order valence-electron chi connectivity index (χ4n) is 4.34. The van der Waals surface area contributed by atoms with E-state index in [0.29, 0.717) is 18.8 Å². The lowest BCUT2D eigenvalue weighted by molar-refractivity contribution is 0.102. The smallest absolute Gasteiger partial charge is 0.255 e. The quantitative estimate of drug-likeness (QED) is 0.570. The molecule has 3 heterocycles. The number of nitrogens with zero attached hydrogens (tertiary/aromatic N) is 2. The van der Waals surface area contributed by atoms with Crippen LogP contribution >= 0.6 is 0 Å². The molecule has 1 amide bonds. The average Bonchev–Trinajstić information content (AvgIpc) is 3.59. The number of aromatic amines is 1. The first-order valence-electron chi connectivity index (χ1n) is 11.1. The van der Waals surface area contributed by atoms with E-state index in [4.69, 9.17) is 9.47 Å². The standard InChI is InChI=1S/C23H26N4O5S/c1-31-19-9-6-15(13-21(19)33(29,30)27-10-2-3-11-27)23(28)24-16-7-8-17-18(14-16)26-22(25-17)20-5-4-12-32-20/h6-9,13-14,20H,2-5,10-12H2,1H3,(H,24,28)(H,25,26). The Morgan fingerprint density at radius 3 is 2.73 bits per heavy atom. The number of fused-ring (bicyclic) bond motifs is 1. The number of carbonyl (C=O) groups excluding carboxylic acids is 1. The fourth-order valence-corrected chi connectivity index (χ4v) is 6.04. The first-order chi connectivity index (χ1) is 16.0. The van der Waals surface area contributed by atoms with Crippen molar-refractivity contribution in [1.82, 2.24) is 14.3 Å². The van der Waals surface area contributed by atoms with Gasteiger partial charge in [-0.25, -0.2) is 13.4 Å². The minimum Gasteiger partial charge on any atom is -0.495 e. The number of hydrogen-bond acceptors (Lipinski definition) is 6. The number of nitrogens with one attached hydrogen (secondary N) is 2. The summed E-state index contributed by atoms with van der Waals surface area (Å²) in [6.45, 7) is 1.68. The molecule has 0 saturated carbocycles. The fraction of sp³-hybridized carbons (Fsp3) is 0.391. The number of benzene rings is 2. The average molecular weight is 471 g/mol. The number of carbonyl (C=O) groups is 1. The number of amides is 1. The van der Waals surface area contributed by atoms with Gasteiger partial charge in [-0.2, -0.15) is 4.31 Å². The number of imidazole rings is 1. The van der Waals surface area contributed by atoms with Crippen molar-refractivity contribution in [3.05, 3.63) is 47.8 Å². The van der Waals surface area contributed by atoms with E-state index >= 15 is 0 Å². The molecule has 0 spiro atoms. The molecule has 1 atom stereocenters. The van der Waals surface area contributed by atoms with E-state index in [1.54, 1.807) is 12.1 Å². The van der Waals surface area contributed by atoms with Gasteiger partial charge in [-0.15, -0.1) is 0 Å². The third-order valence-electron chi connectivity index (χ3n) is 6.10. The van der Waals surface area contributed by atoms with Crippen molar-refractivity contribution >= 4 is 32.7 Å². The van der Waals surface area contributed by atoms with Gasteiger partial charge < -0.3 is 19.8 Å². The van der Waals surface area contributed by atoms with E-state index in [9.17, 15) is 13.2 Å². The van der Waals surface area contributed by atoms with Crippen molar-refractivity contribution in [1.29, 1.82) is 0 Å². The molecule has 0 bridgehead atoms. The van der Waals surface area contributed by atoms with E-state index in [1.807, 2.05) is 12.1 Å². The maximum Gasteiger partial charge on any atom is 0.255 e. The molecule has 1 aromatic heterocycles. The minimum absolute atomic E-state index is 0.00442. The van der Waals surface area contributed by atoms with Crippen LogP contribution in [0.15, 0.2) is 41.3 Å². The number of methoxy groups -OCH3 is 1. The zero-order valence-corrected chi connectivity index (χ0v) is 19.2. The predicted octanol–water partition coefficient (Wildman–Crippen LogP) is 3.46. The Labute approximate surface area is 192 Å². The van der Waals surface area contributed by atoms with Crippen molar-refractivity contribution in [2.45, 2.75) is 36.7 Å². The summed E-state index contributed by atoms with van der Waals surface area (Å²) in [5.74, 6) is 0.602. The largest absolute Gasteiger partial charge is 0.495 e. The van der Waals surface area contributed by atoms with Crippen LogP contribution in [0.4, 0.5) is 5.69 Å². The molecule has 9 nitrogen and oxygen atoms in total. The summed E-state index contributed by atoms with van der Waals surface area (Å²) in [5, 5.41) is 2.85. The number of H-pyrrole nitrogens is 1. The molecule has 0 aliphatic carbocycles. The molecule has 2 aromatic carbocycles. The molecule has 2 aliphatic rings. The predicted molar refractivity (Wildman–Crippen MR) is 123 cm³/mol. The van der Waals surface area contributed by atoms with Gasteiger partial charge in [0.2, 0.25) is 10.0 Å². The highest BCUT2D eigenvalue weighted by Gasteiger charge is 2.30. The molecule has 10 heteroatoms. The second-order valence-corrected chi connectivity index (χ2v) is 10.2. The van der Waals surface area contributed by atoms with E-state index in [0.717, 1.165) is 49.1 Å². The van der Waals surface area contributed by atoms with Gasteiger partial charge in [0.1, 0.15) is 22.6 Å². The summed E-state index contributed by atoms with van der Waals surface area (Å²) >= 11 is 0. The van der Waals surface area contributed by atoms with Crippen molar-refractivity contribution in [3.63, 3.8) is 0 Å². The van der Waals surface area contributed by atoms with Crippen LogP contribution in [0.5, 0.6) is 5.75 Å². The van der Waals surface area contributed by atoms with Crippen LogP contribution in [0.1, 0.15) is 48.0 Å². The zero-order chi connectivity index (χ0) is 23.0. The molecule has 3 aromatic rings. The number of ether oxygens (including phenoxy) is 2. The third-order valence-corrected chi connectivity index (χ3v) is 8.02. The molecule has 174 valence electrons. The van der Waals surface area contributed by atoms with Gasteiger partial charge in [0.05, 0.1) is 18.1 Å². The zero-order valence-electron chi connectivity index (χ0n) is 18.3. The number of aromatic nitrogens is 2. The molecule has 2 saturated heterocycles. The second kappa shape index (κ2) is 8.77. The van der Waals surface area contributed by atoms with Crippen LogP contribution in [-0.2, 0) is 14.8 Å². The van der Waals surface area contributed by atoms with Gasteiger partial charge in [0, 0.05) is 30.9 Å². The molecule has 5 rings (SSSR count). The third kappa shape index (κ3) is 4.21. The maximum absolute atomic E-state index is 13.1. The van der Waals surface area contributed by atoms with Crippen molar-refractivity contribution in [2.75, 3.05) is 32.1 Å². The van der Waals surface area contributed by atoms with E-state index in [2.05, 4.69) is 15.3 Å². The monoisotopic (exact) mass is 470 g/mol. The lowest BCUT2D eigenvalue weighted by Gasteiger charge is -2.18. The SMILES string of the molecule is COc1ccc(C(=O)Nc2ccc3nc(C4CCCO4)[nH]c3c2)cc1S(=O)(=O)N1CCCC1. The summed E-state index contributed by atoms with van der Waals surface area (Å²) < 4.78 is 38.6.